The summed E-state index contributed by atoms with van der Waals surface area (Å²) in [6, 6.07) is 7.62. The number of benzene rings is 1. The van der Waals surface area contributed by atoms with E-state index in [9.17, 15) is 5.11 Å². The number of aryl methyl sites for hydroxylation is 1. The van der Waals surface area contributed by atoms with E-state index in [-0.39, 0.29) is 0 Å². The predicted octanol–water partition coefficient (Wildman–Crippen LogP) is 6.21. The smallest absolute Gasteiger partial charge is 0.247 e. The SMILES string of the molecule is C=CC/C(=C\C/C=C\C)OCCSC.Cc1nnc(-c2ccc(C(O)CCCN(C)C)cc2)o1. The summed E-state index contributed by atoms with van der Waals surface area (Å²) in [5, 5.41) is 17.9. The van der Waals surface area contributed by atoms with Gasteiger partial charge in [0.1, 0.15) is 0 Å². The summed E-state index contributed by atoms with van der Waals surface area (Å²) in [7, 11) is 4.07. The van der Waals surface area contributed by atoms with E-state index in [1.807, 2.05) is 57.4 Å². The number of aliphatic hydroxyl groups is 1. The van der Waals surface area contributed by atoms with Crippen LogP contribution >= 0.6 is 11.8 Å². The highest BCUT2D eigenvalue weighted by Gasteiger charge is 2.10. The Bertz CT molecular complexity index is 860. The molecule has 0 saturated heterocycles. The number of allylic oxidation sites excluding steroid dienone is 4. The van der Waals surface area contributed by atoms with Gasteiger partial charge in [-0.3, -0.25) is 0 Å². The normalized spacial score (nSPS) is 12.5. The fourth-order valence-electron chi connectivity index (χ4n) is 2.96. The van der Waals surface area contributed by atoms with Crippen molar-refractivity contribution < 1.29 is 14.3 Å². The summed E-state index contributed by atoms with van der Waals surface area (Å²) in [5.41, 5.74) is 1.79. The van der Waals surface area contributed by atoms with Gasteiger partial charge in [0.2, 0.25) is 11.8 Å². The largest absolute Gasteiger partial charge is 0.497 e. The molecule has 0 aliphatic carbocycles. The minimum absolute atomic E-state index is 0.423. The van der Waals surface area contributed by atoms with E-state index in [0.29, 0.717) is 11.8 Å². The van der Waals surface area contributed by atoms with Crippen LogP contribution in [0.2, 0.25) is 0 Å². The molecule has 1 atom stereocenters. The van der Waals surface area contributed by atoms with Gasteiger partial charge in [-0.2, -0.15) is 11.8 Å². The van der Waals surface area contributed by atoms with E-state index in [2.05, 4.69) is 40.1 Å². The lowest BCUT2D eigenvalue weighted by molar-refractivity contribution is 0.160. The molecule has 0 spiro atoms. The number of nitrogens with zero attached hydrogens (tertiary/aromatic N) is 3. The molecule has 7 heteroatoms. The standard InChI is InChI=1S/C15H21N3O2.C12H20OS/c1-11-16-17-15(20-11)13-8-6-12(7-9-13)14(19)5-4-10-18(2)3;1-4-6-7-9-12(8-5-2)13-10-11-14-3/h6-9,14,19H,4-5,10H2,1-3H3;4-6,9H,2,7-8,10-11H2,1,3H3/b;6-4-,12-9+. The number of hydrogen-bond acceptors (Lipinski definition) is 7. The average Bonchev–Trinajstić information content (AvgIpc) is 3.26. The quantitative estimate of drug-likeness (QED) is 0.193. The van der Waals surface area contributed by atoms with Crippen molar-refractivity contribution in [1.29, 1.82) is 0 Å². The van der Waals surface area contributed by atoms with Gasteiger partial charge in [0, 0.05) is 24.7 Å². The van der Waals surface area contributed by atoms with Crippen molar-refractivity contribution in [2.45, 2.75) is 45.6 Å². The highest BCUT2D eigenvalue weighted by atomic mass is 32.2. The molecule has 0 aliphatic heterocycles. The van der Waals surface area contributed by atoms with Crippen LogP contribution in [0.1, 0.15) is 50.2 Å². The van der Waals surface area contributed by atoms with Gasteiger partial charge in [-0.15, -0.1) is 16.8 Å². The van der Waals surface area contributed by atoms with E-state index < -0.39 is 6.10 Å². The van der Waals surface area contributed by atoms with Crippen molar-refractivity contribution in [2.24, 2.45) is 0 Å². The van der Waals surface area contributed by atoms with Crippen LogP contribution < -0.4 is 0 Å². The number of rotatable bonds is 14. The summed E-state index contributed by atoms with van der Waals surface area (Å²) in [6.45, 7) is 9.27. The maximum absolute atomic E-state index is 10.1. The molecule has 188 valence electrons. The highest BCUT2D eigenvalue weighted by molar-refractivity contribution is 7.98. The van der Waals surface area contributed by atoms with Crippen LogP contribution in [0.4, 0.5) is 0 Å². The predicted molar refractivity (Wildman–Crippen MR) is 144 cm³/mol. The molecule has 1 heterocycles. The molecular weight excluding hydrogens is 446 g/mol. The first-order valence-corrected chi connectivity index (χ1v) is 13.1. The van der Waals surface area contributed by atoms with E-state index in [1.165, 1.54) is 0 Å². The zero-order valence-corrected chi connectivity index (χ0v) is 22.2. The van der Waals surface area contributed by atoms with E-state index in [1.54, 1.807) is 18.7 Å². The molecule has 0 radical (unpaired) electrons. The van der Waals surface area contributed by atoms with Gasteiger partial charge in [-0.1, -0.05) is 30.4 Å². The Balaban J connectivity index is 0.000000365. The number of thioether (sulfide) groups is 1. The second-order valence-corrected chi connectivity index (χ2v) is 9.00. The van der Waals surface area contributed by atoms with Gasteiger partial charge in [0.05, 0.1) is 18.5 Å². The maximum atomic E-state index is 10.1. The third kappa shape index (κ3) is 12.8. The van der Waals surface area contributed by atoms with Crippen LogP contribution in [0, 0.1) is 6.92 Å². The van der Waals surface area contributed by atoms with Crippen molar-refractivity contribution in [3.63, 3.8) is 0 Å². The van der Waals surface area contributed by atoms with Gasteiger partial charge in [-0.25, -0.2) is 0 Å². The van der Waals surface area contributed by atoms with Gasteiger partial charge in [0.15, 0.2) is 0 Å². The molecule has 0 amide bonds. The Morgan fingerprint density at radius 3 is 2.56 bits per heavy atom. The number of hydrogen-bond donors (Lipinski definition) is 1. The topological polar surface area (TPSA) is 71.6 Å². The zero-order chi connectivity index (χ0) is 25.2. The van der Waals surface area contributed by atoms with Gasteiger partial charge < -0.3 is 19.2 Å². The molecule has 6 nitrogen and oxygen atoms in total. The Labute approximate surface area is 209 Å². The maximum Gasteiger partial charge on any atom is 0.247 e. The lowest BCUT2D eigenvalue weighted by Gasteiger charge is -2.13. The summed E-state index contributed by atoms with van der Waals surface area (Å²) in [6.07, 6.45) is 13.3. The second-order valence-electron chi connectivity index (χ2n) is 8.02. The number of aromatic nitrogens is 2. The number of ether oxygens (including phenoxy) is 1. The minimum atomic E-state index is -0.423. The average molecular weight is 488 g/mol. The van der Waals surface area contributed by atoms with Crippen LogP contribution in [-0.4, -0.2) is 59.5 Å². The summed E-state index contributed by atoms with van der Waals surface area (Å²) in [5.74, 6) is 3.13. The lowest BCUT2D eigenvalue weighted by atomic mass is 10.0. The van der Waals surface area contributed by atoms with Gasteiger partial charge in [0.25, 0.3) is 0 Å². The molecule has 0 aliphatic rings. The van der Waals surface area contributed by atoms with Gasteiger partial charge >= 0.3 is 0 Å². The molecule has 0 bridgehead atoms. The molecular formula is C27H41N3O3S. The first-order valence-electron chi connectivity index (χ1n) is 11.7. The molecule has 34 heavy (non-hydrogen) atoms. The lowest BCUT2D eigenvalue weighted by Crippen LogP contribution is -2.13. The molecule has 1 unspecified atom stereocenters. The molecule has 2 aromatic rings. The fraction of sp³-hybridized carbons (Fsp3) is 0.481. The van der Waals surface area contributed by atoms with Crippen molar-refractivity contribution >= 4 is 11.8 Å². The van der Waals surface area contributed by atoms with Crippen LogP contribution in [0.15, 0.2) is 65.3 Å². The minimum Gasteiger partial charge on any atom is -0.497 e. The highest BCUT2D eigenvalue weighted by Crippen LogP contribution is 2.23. The summed E-state index contributed by atoms with van der Waals surface area (Å²) in [4.78, 5) is 2.12. The molecule has 2 rings (SSSR count). The van der Waals surface area contributed by atoms with Crippen molar-refractivity contribution in [2.75, 3.05) is 39.3 Å². The van der Waals surface area contributed by atoms with E-state index in [4.69, 9.17) is 9.15 Å². The van der Waals surface area contributed by atoms with E-state index >= 15 is 0 Å². The van der Waals surface area contributed by atoms with Crippen molar-refractivity contribution in [3.8, 4) is 11.5 Å². The van der Waals surface area contributed by atoms with Crippen molar-refractivity contribution in [3.05, 3.63) is 72.4 Å². The molecule has 1 N–H and O–H groups in total. The van der Waals surface area contributed by atoms with Crippen LogP contribution in [0.3, 0.4) is 0 Å². The summed E-state index contributed by atoms with van der Waals surface area (Å²) < 4.78 is 11.0. The number of aliphatic hydroxyl groups excluding tert-OH is 1. The van der Waals surface area contributed by atoms with E-state index in [0.717, 1.165) is 61.5 Å². The zero-order valence-electron chi connectivity index (χ0n) is 21.4. The molecule has 0 fully saturated rings. The molecule has 1 aromatic carbocycles. The Kier molecular flexibility index (Phi) is 15.7. The second kappa shape index (κ2) is 18.0. The third-order valence-electron chi connectivity index (χ3n) is 4.79. The first-order chi connectivity index (χ1) is 16.4. The van der Waals surface area contributed by atoms with Gasteiger partial charge in [-0.05, 0) is 76.9 Å². The Morgan fingerprint density at radius 2 is 2.00 bits per heavy atom. The molecule has 1 aromatic heterocycles. The van der Waals surface area contributed by atoms with Crippen LogP contribution in [-0.2, 0) is 4.74 Å². The Hall–Kier alpha value is -2.35. The first kappa shape index (κ1) is 29.7. The summed E-state index contributed by atoms with van der Waals surface area (Å²) >= 11 is 1.80. The van der Waals surface area contributed by atoms with Crippen LogP contribution in [0.25, 0.3) is 11.5 Å². The van der Waals surface area contributed by atoms with Crippen LogP contribution in [0.5, 0.6) is 0 Å². The monoisotopic (exact) mass is 487 g/mol. The Morgan fingerprint density at radius 1 is 1.26 bits per heavy atom. The third-order valence-corrected chi connectivity index (χ3v) is 5.36. The fourth-order valence-corrected chi connectivity index (χ4v) is 3.21. The van der Waals surface area contributed by atoms with Crippen molar-refractivity contribution in [1.82, 2.24) is 15.1 Å². The molecule has 0 saturated carbocycles.